The second-order valence-corrected chi connectivity index (χ2v) is 6.23. The van der Waals surface area contributed by atoms with Gasteiger partial charge in [-0.3, -0.25) is 4.79 Å². The largest absolute Gasteiger partial charge is 0.493 e. The third-order valence-electron chi connectivity index (χ3n) is 3.48. The highest BCUT2D eigenvalue weighted by molar-refractivity contribution is 7.09. The summed E-state index contributed by atoms with van der Waals surface area (Å²) in [5, 5.41) is 11.4. The number of nitrogens with zero attached hydrogens (tertiary/aromatic N) is 1. The van der Waals surface area contributed by atoms with Gasteiger partial charge in [-0.2, -0.15) is 0 Å². The van der Waals surface area contributed by atoms with Gasteiger partial charge in [0.15, 0.2) is 0 Å². The summed E-state index contributed by atoms with van der Waals surface area (Å²) in [4.78, 5) is 14.9. The monoisotopic (exact) mass is 339 g/mol. The third kappa shape index (κ3) is 4.43. The predicted molar refractivity (Wildman–Crippen MR) is 94.5 cm³/mol. The number of hydrogen-bond acceptors (Lipinski definition) is 4. The summed E-state index contributed by atoms with van der Waals surface area (Å²) in [7, 11) is 0. The quantitative estimate of drug-likeness (QED) is 0.705. The molecular formula is C19H17NO3S. The smallest absolute Gasteiger partial charge is 0.309 e. The molecule has 0 saturated heterocycles. The normalized spacial score (nSPS) is 10.5. The van der Waals surface area contributed by atoms with Crippen molar-refractivity contribution in [3.8, 4) is 16.9 Å². The number of hydrogen-bond donors (Lipinski definition) is 1. The Labute approximate surface area is 144 Å². The van der Waals surface area contributed by atoms with E-state index in [0.29, 0.717) is 18.7 Å². The summed E-state index contributed by atoms with van der Waals surface area (Å²) in [6.07, 6.45) is 0.642. The molecule has 122 valence electrons. The van der Waals surface area contributed by atoms with Gasteiger partial charge in [0.2, 0.25) is 0 Å². The van der Waals surface area contributed by atoms with Crippen LogP contribution in [0.4, 0.5) is 0 Å². The van der Waals surface area contributed by atoms with E-state index in [2.05, 4.69) is 17.1 Å². The van der Waals surface area contributed by atoms with Crippen molar-refractivity contribution in [3.05, 3.63) is 70.7 Å². The maximum atomic E-state index is 10.6. The molecule has 24 heavy (non-hydrogen) atoms. The summed E-state index contributed by atoms with van der Waals surface area (Å²) in [5.41, 5.74) is 2.94. The zero-order chi connectivity index (χ0) is 16.8. The van der Waals surface area contributed by atoms with Gasteiger partial charge in [-0.15, -0.1) is 11.3 Å². The van der Waals surface area contributed by atoms with E-state index in [1.165, 1.54) is 16.9 Å². The number of aliphatic carboxylic acids is 1. The van der Waals surface area contributed by atoms with Crippen LogP contribution < -0.4 is 4.74 Å². The molecule has 0 aliphatic heterocycles. The van der Waals surface area contributed by atoms with Crippen LogP contribution in [0.1, 0.15) is 10.7 Å². The van der Waals surface area contributed by atoms with Gasteiger partial charge in [0, 0.05) is 11.8 Å². The van der Waals surface area contributed by atoms with Gasteiger partial charge in [-0.1, -0.05) is 42.5 Å². The highest BCUT2D eigenvalue weighted by Crippen LogP contribution is 2.22. The molecular weight excluding hydrogens is 322 g/mol. The number of ether oxygens (including phenoxy) is 1. The highest BCUT2D eigenvalue weighted by atomic mass is 32.1. The lowest BCUT2D eigenvalue weighted by atomic mass is 10.1. The fraction of sp³-hybridized carbons (Fsp3) is 0.158. The van der Waals surface area contributed by atoms with Crippen LogP contribution in [0.15, 0.2) is 60.0 Å². The van der Waals surface area contributed by atoms with Gasteiger partial charge in [-0.25, -0.2) is 4.98 Å². The van der Waals surface area contributed by atoms with E-state index in [9.17, 15) is 4.79 Å². The lowest BCUT2D eigenvalue weighted by Gasteiger charge is -2.06. The van der Waals surface area contributed by atoms with Gasteiger partial charge in [0.05, 0.1) is 23.7 Å². The first-order chi connectivity index (χ1) is 11.7. The molecule has 1 heterocycles. The lowest BCUT2D eigenvalue weighted by molar-refractivity contribution is -0.136. The standard InChI is InChI=1S/C19H17NO3S/c21-19(22)12-16-13-24-18(20-16)10-11-23-17-8-6-15(7-9-17)14-4-2-1-3-5-14/h1-9,13H,10-12H2,(H,21,22). The molecule has 0 saturated carbocycles. The van der Waals surface area contributed by atoms with Crippen LogP contribution in [0.2, 0.25) is 0 Å². The molecule has 3 aromatic rings. The minimum atomic E-state index is -0.860. The molecule has 0 atom stereocenters. The fourth-order valence-corrected chi connectivity index (χ4v) is 3.11. The molecule has 0 fully saturated rings. The number of benzene rings is 2. The van der Waals surface area contributed by atoms with Gasteiger partial charge >= 0.3 is 5.97 Å². The van der Waals surface area contributed by atoms with Crippen LogP contribution >= 0.6 is 11.3 Å². The Hall–Kier alpha value is -2.66. The second-order valence-electron chi connectivity index (χ2n) is 5.29. The van der Waals surface area contributed by atoms with E-state index >= 15 is 0 Å². The Morgan fingerprint density at radius 1 is 1.04 bits per heavy atom. The van der Waals surface area contributed by atoms with Crippen molar-refractivity contribution >= 4 is 17.3 Å². The first kappa shape index (κ1) is 16.2. The zero-order valence-corrected chi connectivity index (χ0v) is 13.8. The van der Waals surface area contributed by atoms with E-state index in [1.54, 1.807) is 5.38 Å². The number of carboxylic acids is 1. The molecule has 0 radical (unpaired) electrons. The molecule has 0 aliphatic rings. The fourth-order valence-electron chi connectivity index (χ4n) is 2.33. The summed E-state index contributed by atoms with van der Waals surface area (Å²) in [6, 6.07) is 18.2. The Morgan fingerprint density at radius 2 is 1.75 bits per heavy atom. The van der Waals surface area contributed by atoms with Crippen molar-refractivity contribution in [3.63, 3.8) is 0 Å². The topological polar surface area (TPSA) is 59.4 Å². The van der Waals surface area contributed by atoms with Crippen molar-refractivity contribution in [1.29, 1.82) is 0 Å². The SMILES string of the molecule is O=C(O)Cc1csc(CCOc2ccc(-c3ccccc3)cc2)n1. The predicted octanol–water partition coefficient (Wildman–Crippen LogP) is 4.06. The Morgan fingerprint density at radius 3 is 2.46 bits per heavy atom. The average Bonchev–Trinajstić information content (AvgIpc) is 3.03. The summed E-state index contributed by atoms with van der Waals surface area (Å²) >= 11 is 1.47. The first-order valence-corrected chi connectivity index (χ1v) is 8.52. The number of carbonyl (C=O) groups is 1. The molecule has 1 aromatic heterocycles. The molecule has 3 rings (SSSR count). The van der Waals surface area contributed by atoms with Crippen LogP contribution in [-0.4, -0.2) is 22.7 Å². The molecule has 0 bridgehead atoms. The van der Waals surface area contributed by atoms with Crippen molar-refractivity contribution in [2.24, 2.45) is 0 Å². The molecule has 5 heteroatoms. The van der Waals surface area contributed by atoms with Gasteiger partial charge in [-0.05, 0) is 23.3 Å². The van der Waals surface area contributed by atoms with Gasteiger partial charge in [0.25, 0.3) is 0 Å². The maximum Gasteiger partial charge on any atom is 0.309 e. The Kier molecular flexibility index (Phi) is 5.23. The van der Waals surface area contributed by atoms with Gasteiger partial charge in [0.1, 0.15) is 5.75 Å². The zero-order valence-electron chi connectivity index (χ0n) is 13.0. The number of rotatable bonds is 7. The maximum absolute atomic E-state index is 10.6. The van der Waals surface area contributed by atoms with E-state index < -0.39 is 5.97 Å². The van der Waals surface area contributed by atoms with E-state index in [-0.39, 0.29) is 6.42 Å². The van der Waals surface area contributed by atoms with Crippen LogP contribution in [0.25, 0.3) is 11.1 Å². The molecule has 4 nitrogen and oxygen atoms in total. The average molecular weight is 339 g/mol. The van der Waals surface area contributed by atoms with E-state index in [4.69, 9.17) is 9.84 Å². The molecule has 1 N–H and O–H groups in total. The minimum absolute atomic E-state index is 0.0295. The van der Waals surface area contributed by atoms with Crippen LogP contribution in [0.5, 0.6) is 5.75 Å². The highest BCUT2D eigenvalue weighted by Gasteiger charge is 2.06. The molecule has 2 aromatic carbocycles. The molecule has 0 aliphatic carbocycles. The third-order valence-corrected chi connectivity index (χ3v) is 4.44. The Balaban J connectivity index is 1.52. The van der Waals surface area contributed by atoms with Crippen molar-refractivity contribution in [1.82, 2.24) is 4.98 Å². The summed E-state index contributed by atoms with van der Waals surface area (Å²) < 4.78 is 5.74. The van der Waals surface area contributed by atoms with Crippen LogP contribution in [-0.2, 0) is 17.6 Å². The molecule has 0 unspecified atom stereocenters. The Bertz CT molecular complexity index is 797. The number of carboxylic acid groups (broad SMARTS) is 1. The summed E-state index contributed by atoms with van der Waals surface area (Å²) in [6.45, 7) is 0.519. The van der Waals surface area contributed by atoms with Crippen LogP contribution in [0, 0.1) is 0 Å². The molecule has 0 amide bonds. The van der Waals surface area contributed by atoms with Crippen molar-refractivity contribution in [2.75, 3.05) is 6.61 Å². The van der Waals surface area contributed by atoms with Crippen molar-refractivity contribution in [2.45, 2.75) is 12.8 Å². The second kappa shape index (κ2) is 7.75. The van der Waals surface area contributed by atoms with Crippen molar-refractivity contribution < 1.29 is 14.6 Å². The number of thiazole rings is 1. The van der Waals surface area contributed by atoms with E-state index in [0.717, 1.165) is 16.3 Å². The van der Waals surface area contributed by atoms with Gasteiger partial charge < -0.3 is 9.84 Å². The summed E-state index contributed by atoms with van der Waals surface area (Å²) in [5.74, 6) is -0.0430. The molecule has 0 spiro atoms. The first-order valence-electron chi connectivity index (χ1n) is 7.64. The number of aromatic nitrogens is 1. The van der Waals surface area contributed by atoms with E-state index in [1.807, 2.05) is 42.5 Å². The minimum Gasteiger partial charge on any atom is -0.493 e. The van der Waals surface area contributed by atoms with Crippen LogP contribution in [0.3, 0.4) is 0 Å². The lowest BCUT2D eigenvalue weighted by Crippen LogP contribution is -2.03.